The molecule has 0 aliphatic carbocycles. The average Bonchev–Trinajstić information content (AvgIpc) is 2.82. The number of hydrogen-bond acceptors (Lipinski definition) is 3. The van der Waals surface area contributed by atoms with Crippen LogP contribution in [0.2, 0.25) is 0 Å². The molecule has 0 aromatic carbocycles. The molecule has 2 rings (SSSR count). The lowest BCUT2D eigenvalue weighted by Gasteiger charge is -2.34. The van der Waals surface area contributed by atoms with Gasteiger partial charge in [0.15, 0.2) is 0 Å². The molecule has 2 fully saturated rings. The van der Waals surface area contributed by atoms with E-state index in [1.807, 2.05) is 4.90 Å². The minimum absolute atomic E-state index is 0.00463. The highest BCUT2D eigenvalue weighted by atomic mass is 16.2. The predicted octanol–water partition coefficient (Wildman–Crippen LogP) is 1.05. The zero-order valence-corrected chi connectivity index (χ0v) is 12.1. The third-order valence-electron chi connectivity index (χ3n) is 4.81. The van der Waals surface area contributed by atoms with Crippen molar-refractivity contribution in [2.24, 2.45) is 11.7 Å². The van der Waals surface area contributed by atoms with E-state index in [0.29, 0.717) is 18.0 Å². The topological polar surface area (TPSA) is 49.6 Å². The summed E-state index contributed by atoms with van der Waals surface area (Å²) >= 11 is 0. The fourth-order valence-electron chi connectivity index (χ4n) is 3.54. The molecule has 0 aromatic heterocycles. The number of hydrogen-bond donors (Lipinski definition) is 1. The number of rotatable bonds is 2. The molecule has 4 heteroatoms. The van der Waals surface area contributed by atoms with E-state index >= 15 is 0 Å². The van der Waals surface area contributed by atoms with Gasteiger partial charge in [0, 0.05) is 31.2 Å². The van der Waals surface area contributed by atoms with Crippen LogP contribution in [0.1, 0.15) is 40.5 Å². The van der Waals surface area contributed by atoms with E-state index in [9.17, 15) is 4.79 Å². The molecular weight excluding hydrogens is 226 g/mol. The molecule has 0 radical (unpaired) electrons. The minimum Gasteiger partial charge on any atom is -0.339 e. The first-order valence-electron chi connectivity index (χ1n) is 7.23. The van der Waals surface area contributed by atoms with Gasteiger partial charge in [-0.15, -0.1) is 0 Å². The Labute approximate surface area is 110 Å². The van der Waals surface area contributed by atoms with Crippen LogP contribution in [0, 0.1) is 5.92 Å². The molecule has 2 aliphatic heterocycles. The summed E-state index contributed by atoms with van der Waals surface area (Å²) < 4.78 is 0. The van der Waals surface area contributed by atoms with Crippen molar-refractivity contribution in [3.8, 4) is 0 Å². The quantitative estimate of drug-likeness (QED) is 0.800. The zero-order chi connectivity index (χ0) is 13.4. The monoisotopic (exact) mass is 253 g/mol. The molecular formula is C14H27N3O. The maximum absolute atomic E-state index is 12.5. The number of nitrogens with two attached hydrogens (primary N) is 1. The maximum Gasteiger partial charge on any atom is 0.239 e. The standard InChI is InChI=1S/C14H27N3O/c1-9-7-16(8-13(9)15)14(18)12(4)17-10(2)5-6-11(17)3/h9-13H,5-8,15H2,1-4H3. The van der Waals surface area contributed by atoms with Crippen LogP contribution in [0.4, 0.5) is 0 Å². The van der Waals surface area contributed by atoms with Crippen molar-refractivity contribution in [1.29, 1.82) is 0 Å². The summed E-state index contributed by atoms with van der Waals surface area (Å²) in [6.45, 7) is 10.2. The molecule has 0 saturated carbocycles. The van der Waals surface area contributed by atoms with Crippen molar-refractivity contribution in [2.75, 3.05) is 13.1 Å². The Bertz CT molecular complexity index is 300. The first kappa shape index (κ1) is 13.8. The van der Waals surface area contributed by atoms with Crippen molar-refractivity contribution in [3.63, 3.8) is 0 Å². The fraction of sp³-hybridized carbons (Fsp3) is 0.929. The third kappa shape index (κ3) is 2.41. The SMILES string of the molecule is CC1CN(C(=O)C(C)N2C(C)CCC2C)CC1N. The number of carbonyl (C=O) groups excluding carboxylic acids is 1. The Morgan fingerprint density at radius 3 is 2.17 bits per heavy atom. The molecule has 4 nitrogen and oxygen atoms in total. The van der Waals surface area contributed by atoms with Crippen LogP contribution in [-0.4, -0.2) is 53.0 Å². The number of nitrogens with zero attached hydrogens (tertiary/aromatic N) is 2. The molecule has 104 valence electrons. The number of amides is 1. The van der Waals surface area contributed by atoms with Crippen LogP contribution in [0.15, 0.2) is 0 Å². The molecule has 2 heterocycles. The maximum atomic E-state index is 12.5. The summed E-state index contributed by atoms with van der Waals surface area (Å²) in [6, 6.07) is 1.19. The minimum atomic E-state index is -0.00463. The van der Waals surface area contributed by atoms with E-state index in [2.05, 4.69) is 32.6 Å². The predicted molar refractivity (Wildman–Crippen MR) is 73.2 cm³/mol. The second-order valence-electron chi connectivity index (χ2n) is 6.28. The van der Waals surface area contributed by atoms with Gasteiger partial charge in [-0.25, -0.2) is 0 Å². The molecule has 0 spiro atoms. The molecule has 5 atom stereocenters. The summed E-state index contributed by atoms with van der Waals surface area (Å²) in [5.74, 6) is 0.685. The Balaban J connectivity index is 2.01. The van der Waals surface area contributed by atoms with E-state index < -0.39 is 0 Å². The summed E-state index contributed by atoms with van der Waals surface area (Å²) in [7, 11) is 0. The van der Waals surface area contributed by atoms with Crippen LogP contribution >= 0.6 is 0 Å². The van der Waals surface area contributed by atoms with Crippen molar-refractivity contribution < 1.29 is 4.79 Å². The molecule has 5 unspecified atom stereocenters. The summed E-state index contributed by atoms with van der Waals surface area (Å²) in [5, 5.41) is 0. The molecule has 0 aromatic rings. The Morgan fingerprint density at radius 1 is 1.17 bits per heavy atom. The van der Waals surface area contributed by atoms with Gasteiger partial charge < -0.3 is 10.6 Å². The van der Waals surface area contributed by atoms with E-state index in [1.165, 1.54) is 12.8 Å². The second-order valence-corrected chi connectivity index (χ2v) is 6.28. The lowest BCUT2D eigenvalue weighted by molar-refractivity contribution is -0.136. The molecule has 18 heavy (non-hydrogen) atoms. The molecule has 2 N–H and O–H groups in total. The zero-order valence-electron chi connectivity index (χ0n) is 12.1. The number of carbonyl (C=O) groups is 1. The van der Waals surface area contributed by atoms with Gasteiger partial charge in [0.1, 0.15) is 0 Å². The molecule has 2 saturated heterocycles. The fourth-order valence-corrected chi connectivity index (χ4v) is 3.54. The smallest absolute Gasteiger partial charge is 0.239 e. The average molecular weight is 253 g/mol. The van der Waals surface area contributed by atoms with Crippen molar-refractivity contribution in [1.82, 2.24) is 9.80 Å². The van der Waals surface area contributed by atoms with Gasteiger partial charge in [-0.2, -0.15) is 0 Å². The van der Waals surface area contributed by atoms with Crippen molar-refractivity contribution in [3.05, 3.63) is 0 Å². The van der Waals surface area contributed by atoms with Crippen molar-refractivity contribution in [2.45, 2.75) is 64.7 Å². The third-order valence-corrected chi connectivity index (χ3v) is 4.81. The van der Waals surface area contributed by atoms with Gasteiger partial charge in [0.25, 0.3) is 0 Å². The Kier molecular flexibility index (Phi) is 3.97. The van der Waals surface area contributed by atoms with Crippen LogP contribution in [-0.2, 0) is 4.79 Å². The largest absolute Gasteiger partial charge is 0.339 e. The van der Waals surface area contributed by atoms with Gasteiger partial charge in [-0.1, -0.05) is 6.92 Å². The first-order valence-corrected chi connectivity index (χ1v) is 7.23. The van der Waals surface area contributed by atoms with Crippen LogP contribution in [0.5, 0.6) is 0 Å². The van der Waals surface area contributed by atoms with E-state index in [-0.39, 0.29) is 18.0 Å². The first-order chi connectivity index (χ1) is 8.41. The summed E-state index contributed by atoms with van der Waals surface area (Å²) in [4.78, 5) is 16.9. The lowest BCUT2D eigenvalue weighted by atomic mass is 10.1. The normalized spacial score (nSPS) is 39.3. The van der Waals surface area contributed by atoms with E-state index in [1.54, 1.807) is 0 Å². The highest BCUT2D eigenvalue weighted by Gasteiger charge is 2.38. The van der Waals surface area contributed by atoms with Gasteiger partial charge >= 0.3 is 0 Å². The van der Waals surface area contributed by atoms with Gasteiger partial charge in [0.05, 0.1) is 6.04 Å². The molecule has 1 amide bonds. The Hall–Kier alpha value is -0.610. The van der Waals surface area contributed by atoms with E-state index in [4.69, 9.17) is 5.73 Å². The Morgan fingerprint density at radius 2 is 1.72 bits per heavy atom. The highest BCUT2D eigenvalue weighted by Crippen LogP contribution is 2.27. The second kappa shape index (κ2) is 5.17. The van der Waals surface area contributed by atoms with Crippen molar-refractivity contribution >= 4 is 5.91 Å². The lowest BCUT2D eigenvalue weighted by Crippen LogP contribution is -2.50. The summed E-state index contributed by atoms with van der Waals surface area (Å²) in [6.07, 6.45) is 2.41. The van der Waals surface area contributed by atoms with E-state index in [0.717, 1.165) is 13.1 Å². The van der Waals surface area contributed by atoms with Crippen LogP contribution in [0.25, 0.3) is 0 Å². The summed E-state index contributed by atoms with van der Waals surface area (Å²) in [5.41, 5.74) is 6.01. The molecule has 2 aliphatic rings. The van der Waals surface area contributed by atoms with Crippen LogP contribution < -0.4 is 5.73 Å². The number of likely N-dealkylation sites (tertiary alicyclic amines) is 2. The van der Waals surface area contributed by atoms with Gasteiger partial charge in [-0.3, -0.25) is 9.69 Å². The molecule has 0 bridgehead atoms. The van der Waals surface area contributed by atoms with Crippen LogP contribution in [0.3, 0.4) is 0 Å². The highest BCUT2D eigenvalue weighted by molar-refractivity contribution is 5.82. The van der Waals surface area contributed by atoms with Gasteiger partial charge in [-0.05, 0) is 39.5 Å². The van der Waals surface area contributed by atoms with Gasteiger partial charge in [0.2, 0.25) is 5.91 Å².